The number of ether oxygens (including phenoxy) is 1. The van der Waals surface area contributed by atoms with E-state index in [1.54, 1.807) is 17.0 Å². The van der Waals surface area contributed by atoms with E-state index in [0.29, 0.717) is 32.1 Å². The van der Waals surface area contributed by atoms with E-state index in [2.05, 4.69) is 10.3 Å². The maximum absolute atomic E-state index is 12.0. The van der Waals surface area contributed by atoms with Crippen molar-refractivity contribution in [3.63, 3.8) is 0 Å². The second-order valence-electron chi connectivity index (χ2n) is 4.26. The topological polar surface area (TPSA) is 82.2 Å². The summed E-state index contributed by atoms with van der Waals surface area (Å²) >= 11 is 0. The molecule has 3 N–H and O–H groups in total. The molecule has 0 spiro atoms. The molecule has 0 amide bonds. The van der Waals surface area contributed by atoms with Gasteiger partial charge in [0, 0.05) is 38.1 Å². The summed E-state index contributed by atoms with van der Waals surface area (Å²) in [6.07, 6.45) is 4.15. The van der Waals surface area contributed by atoms with Crippen molar-refractivity contribution >= 4 is 5.82 Å². The Morgan fingerprint density at radius 3 is 2.94 bits per heavy atom. The van der Waals surface area contributed by atoms with Crippen molar-refractivity contribution in [1.82, 2.24) is 9.55 Å². The number of nitrogens with zero attached hydrogens (tertiary/aromatic N) is 2. The molecule has 0 atom stereocenters. The van der Waals surface area contributed by atoms with Crippen LogP contribution >= 0.6 is 0 Å². The third-order valence-electron chi connectivity index (χ3n) is 2.44. The highest BCUT2D eigenvalue weighted by molar-refractivity contribution is 5.30. The SMILES string of the molecule is CC(C)n1ccnc(NCCCOCCN)c1=O. The number of aromatic nitrogens is 2. The molecule has 0 saturated carbocycles. The Morgan fingerprint density at radius 2 is 2.28 bits per heavy atom. The fraction of sp³-hybridized carbons (Fsp3) is 0.667. The van der Waals surface area contributed by atoms with Crippen LogP contribution in [0.1, 0.15) is 26.3 Å². The van der Waals surface area contributed by atoms with E-state index in [1.165, 1.54) is 0 Å². The molecule has 0 saturated heterocycles. The van der Waals surface area contributed by atoms with Gasteiger partial charge in [0.2, 0.25) is 0 Å². The first-order valence-corrected chi connectivity index (χ1v) is 6.25. The minimum atomic E-state index is -0.0876. The lowest BCUT2D eigenvalue weighted by Gasteiger charge is -2.11. The Morgan fingerprint density at radius 1 is 1.50 bits per heavy atom. The van der Waals surface area contributed by atoms with Crippen molar-refractivity contribution in [3.05, 3.63) is 22.7 Å². The van der Waals surface area contributed by atoms with Crippen LogP contribution in [0.5, 0.6) is 0 Å². The molecule has 1 heterocycles. The molecular formula is C12H22N4O2. The van der Waals surface area contributed by atoms with E-state index < -0.39 is 0 Å². The summed E-state index contributed by atoms with van der Waals surface area (Å²) in [7, 11) is 0. The third kappa shape index (κ3) is 4.46. The third-order valence-corrected chi connectivity index (χ3v) is 2.44. The number of rotatable bonds is 8. The van der Waals surface area contributed by atoms with Crippen LogP contribution < -0.4 is 16.6 Å². The first kappa shape index (κ1) is 14.7. The molecule has 0 aliphatic heterocycles. The Hall–Kier alpha value is -1.40. The van der Waals surface area contributed by atoms with Crippen LogP contribution in [0.4, 0.5) is 5.82 Å². The van der Waals surface area contributed by atoms with E-state index in [9.17, 15) is 4.79 Å². The Bertz CT molecular complexity index is 403. The molecule has 0 bridgehead atoms. The van der Waals surface area contributed by atoms with Gasteiger partial charge in [-0.05, 0) is 20.3 Å². The first-order valence-electron chi connectivity index (χ1n) is 6.25. The molecule has 0 aromatic carbocycles. The highest BCUT2D eigenvalue weighted by atomic mass is 16.5. The van der Waals surface area contributed by atoms with Crippen molar-refractivity contribution in [1.29, 1.82) is 0 Å². The van der Waals surface area contributed by atoms with E-state index in [0.717, 1.165) is 6.42 Å². The van der Waals surface area contributed by atoms with E-state index >= 15 is 0 Å². The number of hydrogen-bond donors (Lipinski definition) is 2. The summed E-state index contributed by atoms with van der Waals surface area (Å²) in [6, 6.07) is 0.133. The Balaban J connectivity index is 2.43. The average Bonchev–Trinajstić information content (AvgIpc) is 2.35. The van der Waals surface area contributed by atoms with Gasteiger partial charge in [-0.15, -0.1) is 0 Å². The molecule has 0 radical (unpaired) electrons. The molecule has 6 heteroatoms. The first-order chi connectivity index (χ1) is 8.66. The quantitative estimate of drug-likeness (QED) is 0.664. The summed E-state index contributed by atoms with van der Waals surface area (Å²) in [6.45, 7) is 6.33. The molecular weight excluding hydrogens is 232 g/mol. The van der Waals surface area contributed by atoms with Gasteiger partial charge < -0.3 is 20.4 Å². The molecule has 0 aliphatic carbocycles. The van der Waals surface area contributed by atoms with Gasteiger partial charge in [-0.2, -0.15) is 0 Å². The van der Waals surface area contributed by atoms with Crippen LogP contribution in [0.25, 0.3) is 0 Å². The molecule has 18 heavy (non-hydrogen) atoms. The highest BCUT2D eigenvalue weighted by Crippen LogP contribution is 2.01. The predicted molar refractivity (Wildman–Crippen MR) is 71.9 cm³/mol. The lowest BCUT2D eigenvalue weighted by Crippen LogP contribution is -2.26. The number of anilines is 1. The van der Waals surface area contributed by atoms with Gasteiger partial charge in [0.15, 0.2) is 5.82 Å². The molecule has 102 valence electrons. The van der Waals surface area contributed by atoms with Gasteiger partial charge in [0.25, 0.3) is 5.56 Å². The van der Waals surface area contributed by atoms with E-state index in [-0.39, 0.29) is 11.6 Å². The van der Waals surface area contributed by atoms with Crippen LogP contribution in [0, 0.1) is 0 Å². The predicted octanol–water partition coefficient (Wildman–Crippen LogP) is 0.602. The largest absolute Gasteiger partial charge is 0.380 e. The van der Waals surface area contributed by atoms with Gasteiger partial charge in [-0.25, -0.2) is 4.98 Å². The Labute approximate surface area is 107 Å². The molecule has 0 aliphatic rings. The summed E-state index contributed by atoms with van der Waals surface area (Å²) in [5, 5.41) is 3.03. The van der Waals surface area contributed by atoms with Gasteiger partial charge in [0.05, 0.1) is 6.61 Å². The maximum Gasteiger partial charge on any atom is 0.293 e. The Kier molecular flexibility index (Phi) is 6.38. The van der Waals surface area contributed by atoms with E-state index in [1.807, 2.05) is 13.8 Å². The lowest BCUT2D eigenvalue weighted by molar-refractivity contribution is 0.141. The normalized spacial score (nSPS) is 10.9. The summed E-state index contributed by atoms with van der Waals surface area (Å²) < 4.78 is 6.90. The number of nitrogens with one attached hydrogen (secondary N) is 1. The summed E-state index contributed by atoms with van der Waals surface area (Å²) in [4.78, 5) is 16.0. The number of nitrogens with two attached hydrogens (primary N) is 1. The average molecular weight is 254 g/mol. The maximum atomic E-state index is 12.0. The van der Waals surface area contributed by atoms with Crippen LogP contribution in [-0.4, -0.2) is 35.9 Å². The van der Waals surface area contributed by atoms with Crippen molar-refractivity contribution in [3.8, 4) is 0 Å². The van der Waals surface area contributed by atoms with Gasteiger partial charge in [-0.3, -0.25) is 4.79 Å². The van der Waals surface area contributed by atoms with Crippen molar-refractivity contribution in [2.24, 2.45) is 5.73 Å². The number of hydrogen-bond acceptors (Lipinski definition) is 5. The van der Waals surface area contributed by atoms with Crippen LogP contribution in [0.15, 0.2) is 17.2 Å². The fourth-order valence-electron chi connectivity index (χ4n) is 1.52. The van der Waals surface area contributed by atoms with Crippen molar-refractivity contribution in [2.75, 3.05) is 31.6 Å². The van der Waals surface area contributed by atoms with Crippen molar-refractivity contribution < 1.29 is 4.74 Å². The fourth-order valence-corrected chi connectivity index (χ4v) is 1.52. The summed E-state index contributed by atoms with van der Waals surface area (Å²) in [5.74, 6) is 0.394. The zero-order chi connectivity index (χ0) is 13.4. The highest BCUT2D eigenvalue weighted by Gasteiger charge is 2.05. The molecule has 1 aromatic rings. The second kappa shape index (κ2) is 7.84. The van der Waals surface area contributed by atoms with Crippen LogP contribution in [0.3, 0.4) is 0 Å². The van der Waals surface area contributed by atoms with Gasteiger partial charge >= 0.3 is 0 Å². The second-order valence-corrected chi connectivity index (χ2v) is 4.26. The lowest BCUT2D eigenvalue weighted by atomic mass is 10.4. The zero-order valence-electron chi connectivity index (χ0n) is 11.1. The smallest absolute Gasteiger partial charge is 0.293 e. The monoisotopic (exact) mass is 254 g/mol. The van der Waals surface area contributed by atoms with Gasteiger partial charge in [-0.1, -0.05) is 0 Å². The summed E-state index contributed by atoms with van der Waals surface area (Å²) in [5.41, 5.74) is 5.22. The minimum Gasteiger partial charge on any atom is -0.380 e. The molecule has 1 rings (SSSR count). The van der Waals surface area contributed by atoms with Crippen molar-refractivity contribution in [2.45, 2.75) is 26.3 Å². The standard InChI is InChI=1S/C12H22N4O2/c1-10(2)16-7-6-15-11(12(16)17)14-5-3-8-18-9-4-13/h6-7,10H,3-5,8-9,13H2,1-2H3,(H,14,15). The molecule has 0 unspecified atom stereocenters. The van der Waals surface area contributed by atoms with Crippen LogP contribution in [0.2, 0.25) is 0 Å². The molecule has 0 fully saturated rings. The zero-order valence-corrected chi connectivity index (χ0v) is 11.1. The van der Waals surface area contributed by atoms with Crippen LogP contribution in [-0.2, 0) is 4.74 Å². The minimum absolute atomic E-state index is 0.0876. The molecule has 1 aromatic heterocycles. The molecule has 6 nitrogen and oxygen atoms in total. The van der Waals surface area contributed by atoms with Gasteiger partial charge in [0.1, 0.15) is 0 Å². The van der Waals surface area contributed by atoms with E-state index in [4.69, 9.17) is 10.5 Å².